The molecule has 3 rings (SSSR count). The summed E-state index contributed by atoms with van der Waals surface area (Å²) in [5, 5.41) is 12.1. The summed E-state index contributed by atoms with van der Waals surface area (Å²) in [7, 11) is 0. The fraction of sp³-hybridized carbons (Fsp3) is 0.647. The van der Waals surface area contributed by atoms with Gasteiger partial charge in [-0.2, -0.15) is 0 Å². The van der Waals surface area contributed by atoms with E-state index in [1.165, 1.54) is 29.7 Å². The van der Waals surface area contributed by atoms with Crippen molar-refractivity contribution in [2.24, 2.45) is 5.92 Å². The largest absolute Gasteiger partial charge is 0.481 e. The molecule has 0 radical (unpaired) electrons. The molecule has 0 spiro atoms. The third kappa shape index (κ3) is 3.51. The molecule has 120 valence electrons. The Morgan fingerprint density at radius 3 is 2.55 bits per heavy atom. The lowest BCUT2D eigenvalue weighted by atomic mass is 9.86. The number of carbonyl (C=O) groups excluding carboxylic acids is 1. The molecule has 0 aromatic carbocycles. The Morgan fingerprint density at radius 2 is 1.82 bits per heavy atom. The maximum Gasteiger partial charge on any atom is 0.306 e. The van der Waals surface area contributed by atoms with E-state index in [-0.39, 0.29) is 17.9 Å². The van der Waals surface area contributed by atoms with Crippen LogP contribution in [0, 0.1) is 5.92 Å². The van der Waals surface area contributed by atoms with Crippen LogP contribution in [0.5, 0.6) is 0 Å². The van der Waals surface area contributed by atoms with Crippen molar-refractivity contribution in [3.8, 4) is 0 Å². The number of hydrogen-bond acceptors (Lipinski definition) is 3. The van der Waals surface area contributed by atoms with Gasteiger partial charge in [0, 0.05) is 10.9 Å². The summed E-state index contributed by atoms with van der Waals surface area (Å²) < 4.78 is 0. The number of carboxylic acid groups (broad SMARTS) is 1. The molecule has 0 saturated heterocycles. The first-order valence-electron chi connectivity index (χ1n) is 8.28. The molecular formula is C17H23NO3S. The number of carboxylic acids is 1. The molecular weight excluding hydrogens is 298 g/mol. The van der Waals surface area contributed by atoms with Crippen LogP contribution in [0.3, 0.4) is 0 Å². The molecule has 1 saturated carbocycles. The first-order valence-corrected chi connectivity index (χ1v) is 9.10. The Hall–Kier alpha value is -1.36. The molecule has 2 aliphatic rings. The number of fused-ring (bicyclic) bond motifs is 1. The molecule has 0 aliphatic heterocycles. The van der Waals surface area contributed by atoms with E-state index < -0.39 is 5.97 Å². The van der Waals surface area contributed by atoms with Crippen molar-refractivity contribution in [1.82, 2.24) is 5.32 Å². The number of hydrogen-bond donors (Lipinski definition) is 2. The zero-order valence-electron chi connectivity index (χ0n) is 12.8. The fourth-order valence-electron chi connectivity index (χ4n) is 3.52. The molecule has 5 heteroatoms. The predicted molar refractivity (Wildman–Crippen MR) is 86.4 cm³/mol. The van der Waals surface area contributed by atoms with Gasteiger partial charge in [0.25, 0.3) is 5.91 Å². The van der Waals surface area contributed by atoms with Gasteiger partial charge in [0.05, 0.1) is 10.8 Å². The summed E-state index contributed by atoms with van der Waals surface area (Å²) in [4.78, 5) is 25.6. The fourth-order valence-corrected chi connectivity index (χ4v) is 4.68. The SMILES string of the molecule is O=C(NC1CCC(C(=O)O)CC1)c1cc2c(s1)CCCCC2. The Bertz CT molecular complexity index is 535. The van der Waals surface area contributed by atoms with Gasteiger partial charge in [0.2, 0.25) is 0 Å². The number of aryl methyl sites for hydroxylation is 2. The predicted octanol–water partition coefficient (Wildman–Crippen LogP) is 3.39. The van der Waals surface area contributed by atoms with E-state index in [1.807, 2.05) is 0 Å². The van der Waals surface area contributed by atoms with Crippen LogP contribution in [-0.4, -0.2) is 23.0 Å². The molecule has 1 fully saturated rings. The molecule has 1 amide bonds. The average molecular weight is 321 g/mol. The van der Waals surface area contributed by atoms with Crippen LogP contribution >= 0.6 is 11.3 Å². The van der Waals surface area contributed by atoms with Crippen molar-refractivity contribution >= 4 is 23.2 Å². The summed E-state index contributed by atoms with van der Waals surface area (Å²) in [5.74, 6) is -0.908. The second-order valence-corrected chi connectivity index (χ2v) is 7.62. The van der Waals surface area contributed by atoms with E-state index >= 15 is 0 Å². The minimum Gasteiger partial charge on any atom is -0.481 e. The van der Waals surface area contributed by atoms with Crippen LogP contribution in [0.15, 0.2) is 6.07 Å². The molecule has 2 N–H and O–H groups in total. The molecule has 4 nitrogen and oxygen atoms in total. The molecule has 1 heterocycles. The van der Waals surface area contributed by atoms with Crippen LogP contribution in [0.2, 0.25) is 0 Å². The van der Waals surface area contributed by atoms with Crippen molar-refractivity contribution in [1.29, 1.82) is 0 Å². The highest BCUT2D eigenvalue weighted by Gasteiger charge is 2.27. The van der Waals surface area contributed by atoms with Crippen LogP contribution in [0.4, 0.5) is 0 Å². The van der Waals surface area contributed by atoms with Crippen molar-refractivity contribution in [3.05, 3.63) is 21.4 Å². The quantitative estimate of drug-likeness (QED) is 0.839. The van der Waals surface area contributed by atoms with Gasteiger partial charge in [-0.25, -0.2) is 0 Å². The first kappa shape index (κ1) is 15.5. The zero-order chi connectivity index (χ0) is 15.5. The molecule has 1 aromatic rings. The van der Waals surface area contributed by atoms with E-state index in [1.54, 1.807) is 11.3 Å². The van der Waals surface area contributed by atoms with Crippen molar-refractivity contribution in [3.63, 3.8) is 0 Å². The first-order chi connectivity index (χ1) is 10.6. The Kier molecular flexibility index (Phi) is 4.81. The maximum absolute atomic E-state index is 12.4. The number of carbonyl (C=O) groups is 2. The summed E-state index contributed by atoms with van der Waals surface area (Å²) in [6.07, 6.45) is 8.83. The van der Waals surface area contributed by atoms with Gasteiger partial charge in [-0.05, 0) is 63.0 Å². The summed E-state index contributed by atoms with van der Waals surface area (Å²) in [6.45, 7) is 0. The summed E-state index contributed by atoms with van der Waals surface area (Å²) in [6, 6.07) is 2.20. The van der Waals surface area contributed by atoms with Crippen molar-refractivity contribution in [2.75, 3.05) is 0 Å². The third-order valence-corrected chi connectivity index (χ3v) is 6.12. The highest BCUT2D eigenvalue weighted by Crippen LogP contribution is 2.30. The minimum absolute atomic E-state index is 0.0249. The van der Waals surface area contributed by atoms with E-state index in [0.717, 1.165) is 30.6 Å². The smallest absolute Gasteiger partial charge is 0.306 e. The van der Waals surface area contributed by atoms with Crippen molar-refractivity contribution in [2.45, 2.75) is 63.8 Å². The topological polar surface area (TPSA) is 66.4 Å². The molecule has 0 atom stereocenters. The van der Waals surface area contributed by atoms with E-state index in [2.05, 4.69) is 11.4 Å². The number of nitrogens with one attached hydrogen (secondary N) is 1. The van der Waals surface area contributed by atoms with Crippen LogP contribution in [0.25, 0.3) is 0 Å². The standard InChI is InChI=1S/C17H23NO3S/c19-16(18-13-8-6-11(7-9-13)17(20)21)15-10-12-4-2-1-3-5-14(12)22-15/h10-11,13H,1-9H2,(H,18,19)(H,20,21). The highest BCUT2D eigenvalue weighted by molar-refractivity contribution is 7.14. The van der Waals surface area contributed by atoms with E-state index in [4.69, 9.17) is 5.11 Å². The number of aliphatic carboxylic acids is 1. The molecule has 22 heavy (non-hydrogen) atoms. The average Bonchev–Trinajstić information content (AvgIpc) is 2.79. The van der Waals surface area contributed by atoms with Gasteiger partial charge in [0.15, 0.2) is 0 Å². The number of thiophene rings is 1. The van der Waals surface area contributed by atoms with Crippen molar-refractivity contribution < 1.29 is 14.7 Å². The van der Waals surface area contributed by atoms with Gasteiger partial charge in [-0.1, -0.05) is 6.42 Å². The molecule has 0 unspecified atom stereocenters. The normalized spacial score (nSPS) is 25.1. The molecule has 2 aliphatic carbocycles. The number of amides is 1. The lowest BCUT2D eigenvalue weighted by molar-refractivity contribution is -0.142. The number of rotatable bonds is 3. The van der Waals surface area contributed by atoms with Gasteiger partial charge in [0.1, 0.15) is 0 Å². The molecule has 1 aromatic heterocycles. The Morgan fingerprint density at radius 1 is 1.09 bits per heavy atom. The molecule has 0 bridgehead atoms. The zero-order valence-corrected chi connectivity index (χ0v) is 13.6. The van der Waals surface area contributed by atoms with E-state index in [0.29, 0.717) is 12.8 Å². The lowest BCUT2D eigenvalue weighted by Gasteiger charge is -2.26. The third-order valence-electron chi connectivity index (χ3n) is 4.88. The van der Waals surface area contributed by atoms with E-state index in [9.17, 15) is 9.59 Å². The van der Waals surface area contributed by atoms with Gasteiger partial charge >= 0.3 is 5.97 Å². The summed E-state index contributed by atoms with van der Waals surface area (Å²) >= 11 is 1.64. The van der Waals surface area contributed by atoms with Crippen LogP contribution in [0.1, 0.15) is 65.1 Å². The van der Waals surface area contributed by atoms with Gasteiger partial charge in [-0.3, -0.25) is 9.59 Å². The lowest BCUT2D eigenvalue weighted by Crippen LogP contribution is -2.38. The maximum atomic E-state index is 12.4. The van der Waals surface area contributed by atoms with Gasteiger partial charge in [-0.15, -0.1) is 11.3 Å². The minimum atomic E-state index is -0.702. The Labute approximate surface area is 134 Å². The Balaban J connectivity index is 1.57. The second kappa shape index (κ2) is 6.82. The summed E-state index contributed by atoms with van der Waals surface area (Å²) in [5.41, 5.74) is 1.36. The van der Waals surface area contributed by atoms with Gasteiger partial charge < -0.3 is 10.4 Å². The van der Waals surface area contributed by atoms with Crippen LogP contribution in [-0.2, 0) is 17.6 Å². The van der Waals surface area contributed by atoms with Crippen LogP contribution < -0.4 is 5.32 Å². The second-order valence-electron chi connectivity index (χ2n) is 6.48. The monoisotopic (exact) mass is 321 g/mol. The highest BCUT2D eigenvalue weighted by atomic mass is 32.1.